The minimum atomic E-state index is 0.276. The molecule has 0 fully saturated rings. The third-order valence-electron chi connectivity index (χ3n) is 3.47. The predicted molar refractivity (Wildman–Crippen MR) is 110 cm³/mol. The van der Waals surface area contributed by atoms with E-state index in [1.807, 2.05) is 45.3 Å². The highest BCUT2D eigenvalue weighted by Crippen LogP contribution is 2.26. The maximum Gasteiger partial charge on any atom is 0.188 e. The Morgan fingerprint density at radius 1 is 1.25 bits per heavy atom. The Labute approximate surface area is 155 Å². The van der Waals surface area contributed by atoms with Crippen LogP contribution in [0.5, 0.6) is 0 Å². The molecular weight excluding hydrogens is 338 g/mol. The molecule has 1 rings (SSSR count). The van der Waals surface area contributed by atoms with E-state index in [9.17, 15) is 4.79 Å². The fourth-order valence-corrected chi connectivity index (χ4v) is 3.10. The molecule has 0 bridgehead atoms. The molecule has 0 amide bonds. The van der Waals surface area contributed by atoms with Crippen molar-refractivity contribution in [2.75, 3.05) is 31.4 Å². The number of rotatable bonds is 11. The molecule has 0 unspecified atom stereocenters. The highest BCUT2D eigenvalue weighted by atomic mass is 32.2. The van der Waals surface area contributed by atoms with Crippen LogP contribution in [0, 0.1) is 0 Å². The molecule has 0 aliphatic heterocycles. The molecule has 0 saturated heterocycles. The fourth-order valence-electron chi connectivity index (χ4n) is 2.20. The van der Waals surface area contributed by atoms with E-state index in [4.69, 9.17) is 17.0 Å². The monoisotopic (exact) mass is 365 g/mol. The van der Waals surface area contributed by atoms with E-state index in [0.29, 0.717) is 13.0 Å². The largest absolute Gasteiger partial charge is 0.493 e. The summed E-state index contributed by atoms with van der Waals surface area (Å²) in [7, 11) is 4.03. The van der Waals surface area contributed by atoms with Crippen molar-refractivity contribution in [3.05, 3.63) is 35.9 Å². The third-order valence-corrected chi connectivity index (χ3v) is 4.71. The van der Waals surface area contributed by atoms with Crippen molar-refractivity contribution in [2.24, 2.45) is 0 Å². The zero-order valence-corrected chi connectivity index (χ0v) is 16.4. The molecule has 0 atom stereocenters. The first-order valence-electron chi connectivity index (χ1n) is 8.30. The summed E-state index contributed by atoms with van der Waals surface area (Å²) in [6.45, 7) is 2.56. The van der Waals surface area contributed by atoms with Crippen LogP contribution in [0.2, 0.25) is 0 Å². The summed E-state index contributed by atoms with van der Waals surface area (Å²) in [5.41, 5.74) is 2.16. The van der Waals surface area contributed by atoms with Gasteiger partial charge in [0.1, 0.15) is 5.76 Å². The number of benzene rings is 1. The van der Waals surface area contributed by atoms with Crippen molar-refractivity contribution in [3.63, 3.8) is 0 Å². The number of thiocarbonyl (C=S) groups is 1. The van der Waals surface area contributed by atoms with E-state index >= 15 is 0 Å². The van der Waals surface area contributed by atoms with Crippen LogP contribution in [0.1, 0.15) is 38.2 Å². The zero-order chi connectivity index (χ0) is 17.8. The Morgan fingerprint density at radius 2 is 2.00 bits per heavy atom. The molecule has 132 valence electrons. The number of ether oxygens (including phenoxy) is 1. The molecule has 1 aromatic rings. The first-order chi connectivity index (χ1) is 11.6. The van der Waals surface area contributed by atoms with Gasteiger partial charge in [-0.2, -0.15) is 0 Å². The van der Waals surface area contributed by atoms with E-state index in [2.05, 4.69) is 11.0 Å². The third kappa shape index (κ3) is 7.49. The average Bonchev–Trinajstić information content (AvgIpc) is 2.59. The Bertz CT molecular complexity index is 556. The molecule has 0 aliphatic carbocycles. The average molecular weight is 366 g/mol. The Kier molecular flexibility index (Phi) is 10.4. The van der Waals surface area contributed by atoms with Crippen molar-refractivity contribution in [2.45, 2.75) is 32.6 Å². The summed E-state index contributed by atoms with van der Waals surface area (Å²) in [6.07, 6.45) is 5.53. The van der Waals surface area contributed by atoms with Crippen LogP contribution in [0.25, 0.3) is 5.76 Å². The van der Waals surface area contributed by atoms with Crippen LogP contribution in [-0.4, -0.2) is 36.9 Å². The lowest BCUT2D eigenvalue weighted by Crippen LogP contribution is -2.11. The summed E-state index contributed by atoms with van der Waals surface area (Å²) in [6, 6.07) is 8.14. The van der Waals surface area contributed by atoms with Crippen LogP contribution >= 0.6 is 24.0 Å². The number of nitrogens with zero attached hydrogens (tertiary/aromatic N) is 1. The number of hydrogen-bond acceptors (Lipinski definition) is 5. The lowest BCUT2D eigenvalue weighted by molar-refractivity contribution is -0.110. The van der Waals surface area contributed by atoms with E-state index in [-0.39, 0.29) is 5.12 Å². The molecule has 0 aromatic heterocycles. The van der Waals surface area contributed by atoms with Crippen LogP contribution in [0.15, 0.2) is 30.3 Å². The van der Waals surface area contributed by atoms with E-state index in [1.54, 1.807) is 5.37 Å². The summed E-state index contributed by atoms with van der Waals surface area (Å²) in [5.74, 6) is 1.71. The van der Waals surface area contributed by atoms with Gasteiger partial charge in [0, 0.05) is 42.9 Å². The molecular formula is C19H27NO2S2. The van der Waals surface area contributed by atoms with Gasteiger partial charge in [0.15, 0.2) is 5.12 Å². The fraction of sp³-hybridized carbons (Fsp3) is 0.474. The second-order valence-corrected chi connectivity index (χ2v) is 6.99. The van der Waals surface area contributed by atoms with Crippen molar-refractivity contribution in [1.82, 2.24) is 0 Å². The molecule has 24 heavy (non-hydrogen) atoms. The normalized spacial score (nSPS) is 11.2. The minimum absolute atomic E-state index is 0.276. The van der Waals surface area contributed by atoms with Gasteiger partial charge in [0.25, 0.3) is 0 Å². The molecule has 0 radical (unpaired) electrons. The molecule has 0 spiro atoms. The summed E-state index contributed by atoms with van der Waals surface area (Å²) < 4.78 is 5.97. The molecule has 0 heterocycles. The Balaban J connectivity index is 2.47. The number of carbonyl (C=O) groups is 1. The predicted octanol–water partition coefficient (Wildman–Crippen LogP) is 4.95. The van der Waals surface area contributed by atoms with E-state index in [0.717, 1.165) is 42.0 Å². The van der Waals surface area contributed by atoms with Crippen LogP contribution in [0.4, 0.5) is 5.69 Å². The van der Waals surface area contributed by atoms with Crippen molar-refractivity contribution in [1.29, 1.82) is 0 Å². The number of para-hydroxylation sites is 1. The lowest BCUT2D eigenvalue weighted by Gasteiger charge is -2.19. The maximum atomic E-state index is 11.2. The first kappa shape index (κ1) is 20.7. The van der Waals surface area contributed by atoms with Gasteiger partial charge in [-0.3, -0.25) is 4.79 Å². The number of hydrogen-bond donors (Lipinski definition) is 0. The molecule has 0 N–H and O–H groups in total. The summed E-state index contributed by atoms with van der Waals surface area (Å²) in [5, 5.41) is 1.87. The molecule has 3 nitrogen and oxygen atoms in total. The van der Waals surface area contributed by atoms with Crippen molar-refractivity contribution in [3.8, 4) is 0 Å². The van der Waals surface area contributed by atoms with Gasteiger partial charge in [-0.1, -0.05) is 43.0 Å². The van der Waals surface area contributed by atoms with Crippen molar-refractivity contribution < 1.29 is 9.53 Å². The molecule has 1 aromatic carbocycles. The standard InChI is InChI=1S/C19H27NO2S2/c1-4-19(21)24-15-9-5-8-13-22-18(12-14-23)16-10-6-7-11-17(16)20(2)3/h6-7,10-12,14H,4-5,8-9,13,15H2,1-3H3/b18-12+. The molecule has 5 heteroatoms. The van der Waals surface area contributed by atoms with Crippen LogP contribution in [-0.2, 0) is 9.53 Å². The number of anilines is 1. The number of carbonyl (C=O) groups excluding carboxylic acids is 1. The van der Waals surface area contributed by atoms with Crippen LogP contribution < -0.4 is 4.90 Å². The molecule has 0 aliphatic rings. The van der Waals surface area contributed by atoms with E-state index < -0.39 is 0 Å². The SMILES string of the molecule is CCC(=O)SCCCCCO/C(=C/C=S)c1ccccc1N(C)C. The zero-order valence-electron chi connectivity index (χ0n) is 14.8. The second kappa shape index (κ2) is 12.1. The van der Waals surface area contributed by atoms with Gasteiger partial charge in [-0.15, -0.1) is 0 Å². The van der Waals surface area contributed by atoms with E-state index in [1.165, 1.54) is 11.8 Å². The minimum Gasteiger partial charge on any atom is -0.493 e. The smallest absolute Gasteiger partial charge is 0.188 e. The number of thioether (sulfide) groups is 1. The van der Waals surface area contributed by atoms with Crippen molar-refractivity contribution >= 4 is 45.9 Å². The van der Waals surface area contributed by atoms with Crippen LogP contribution in [0.3, 0.4) is 0 Å². The highest BCUT2D eigenvalue weighted by molar-refractivity contribution is 8.13. The second-order valence-electron chi connectivity index (χ2n) is 5.56. The lowest BCUT2D eigenvalue weighted by atomic mass is 10.1. The van der Waals surface area contributed by atoms with Gasteiger partial charge in [-0.05, 0) is 37.5 Å². The maximum absolute atomic E-state index is 11.2. The summed E-state index contributed by atoms with van der Waals surface area (Å²) >= 11 is 6.42. The number of allylic oxidation sites excluding steroid dienone is 1. The van der Waals surface area contributed by atoms with Gasteiger partial charge >= 0.3 is 0 Å². The van der Waals surface area contributed by atoms with Gasteiger partial charge < -0.3 is 9.64 Å². The quantitative estimate of drug-likeness (QED) is 0.240. The highest BCUT2D eigenvalue weighted by Gasteiger charge is 2.09. The Morgan fingerprint density at radius 3 is 2.67 bits per heavy atom. The van der Waals surface area contributed by atoms with Gasteiger partial charge in [-0.25, -0.2) is 0 Å². The summed E-state index contributed by atoms with van der Waals surface area (Å²) in [4.78, 5) is 13.3. The van der Waals surface area contributed by atoms with Gasteiger partial charge in [0.2, 0.25) is 0 Å². The topological polar surface area (TPSA) is 29.5 Å². The first-order valence-corrected chi connectivity index (χ1v) is 9.76. The molecule has 0 saturated carbocycles. The number of unbranched alkanes of at least 4 members (excludes halogenated alkanes) is 2. The van der Waals surface area contributed by atoms with Gasteiger partial charge in [0.05, 0.1) is 6.61 Å². The Hall–Kier alpha value is -1.33.